The molecule has 1 saturated heterocycles. The zero-order valence-electron chi connectivity index (χ0n) is 16.5. The monoisotopic (exact) mass is 388 g/mol. The summed E-state index contributed by atoms with van der Waals surface area (Å²) in [5.41, 5.74) is 3.27. The van der Waals surface area contributed by atoms with E-state index in [9.17, 15) is 9.59 Å². The van der Waals surface area contributed by atoms with Gasteiger partial charge in [-0.25, -0.2) is 4.98 Å². The van der Waals surface area contributed by atoms with Crippen molar-refractivity contribution < 1.29 is 9.59 Å². The Labute approximate surface area is 170 Å². The largest absolute Gasteiger partial charge is 0.335 e. The summed E-state index contributed by atoms with van der Waals surface area (Å²) in [5.74, 6) is 0.672. The molecule has 1 aliphatic rings. The van der Waals surface area contributed by atoms with Crippen molar-refractivity contribution in [3.05, 3.63) is 78.1 Å². The Balaban J connectivity index is 1.37. The number of amides is 2. The molecule has 1 fully saturated rings. The molecule has 3 aromatic rings. The van der Waals surface area contributed by atoms with Gasteiger partial charge >= 0.3 is 0 Å². The lowest BCUT2D eigenvalue weighted by atomic mass is 10.1. The molecule has 2 heterocycles. The van der Waals surface area contributed by atoms with Gasteiger partial charge in [0, 0.05) is 37.6 Å². The van der Waals surface area contributed by atoms with E-state index in [-0.39, 0.29) is 24.9 Å². The smallest absolute Gasteiger partial charge is 0.243 e. The highest BCUT2D eigenvalue weighted by Gasteiger charge is 2.27. The predicted molar refractivity (Wildman–Crippen MR) is 111 cm³/mol. The number of aromatic nitrogens is 2. The maximum atomic E-state index is 12.8. The van der Waals surface area contributed by atoms with Crippen LogP contribution in [0.25, 0.3) is 11.4 Å². The molecule has 0 atom stereocenters. The van der Waals surface area contributed by atoms with Crippen LogP contribution in [0.15, 0.2) is 67.0 Å². The fourth-order valence-corrected chi connectivity index (χ4v) is 3.53. The Morgan fingerprint density at radius 2 is 1.79 bits per heavy atom. The zero-order valence-corrected chi connectivity index (χ0v) is 16.5. The summed E-state index contributed by atoms with van der Waals surface area (Å²) in [7, 11) is 0. The van der Waals surface area contributed by atoms with Crippen LogP contribution in [0.2, 0.25) is 0 Å². The number of hydrogen-bond donors (Lipinski definition) is 0. The highest BCUT2D eigenvalue weighted by Crippen LogP contribution is 2.17. The van der Waals surface area contributed by atoms with Crippen LogP contribution < -0.4 is 0 Å². The molecular weight excluding hydrogens is 364 g/mol. The SMILES string of the molecule is Cc1ccc(CN2CCN(C(=O)Cn3ccnc3-c3ccccc3)CC2=O)cc1. The highest BCUT2D eigenvalue weighted by atomic mass is 16.2. The molecule has 1 aromatic heterocycles. The Morgan fingerprint density at radius 3 is 2.52 bits per heavy atom. The second kappa shape index (κ2) is 8.31. The normalized spacial score (nSPS) is 14.3. The first kappa shape index (κ1) is 18.9. The Bertz CT molecular complexity index is 995. The van der Waals surface area contributed by atoms with Crippen molar-refractivity contribution in [1.29, 1.82) is 0 Å². The van der Waals surface area contributed by atoms with E-state index >= 15 is 0 Å². The maximum absolute atomic E-state index is 12.8. The number of nitrogens with zero attached hydrogens (tertiary/aromatic N) is 4. The standard InChI is InChI=1S/C23H24N4O2/c1-18-7-9-19(10-8-18)15-25-13-14-26(16-21(25)28)22(29)17-27-12-11-24-23(27)20-5-3-2-4-6-20/h2-12H,13-17H2,1H3. The fraction of sp³-hybridized carbons (Fsp3) is 0.261. The minimum atomic E-state index is -0.0662. The fourth-order valence-electron chi connectivity index (χ4n) is 3.53. The number of benzene rings is 2. The van der Waals surface area contributed by atoms with Crippen LogP contribution >= 0.6 is 0 Å². The molecule has 6 heteroatoms. The van der Waals surface area contributed by atoms with Gasteiger partial charge in [0.25, 0.3) is 0 Å². The number of imidazole rings is 1. The van der Waals surface area contributed by atoms with Crippen molar-refractivity contribution in [2.45, 2.75) is 20.0 Å². The molecular formula is C23H24N4O2. The topological polar surface area (TPSA) is 58.4 Å². The zero-order chi connectivity index (χ0) is 20.2. The molecule has 0 saturated carbocycles. The molecule has 0 N–H and O–H groups in total. The number of hydrogen-bond acceptors (Lipinski definition) is 3. The van der Waals surface area contributed by atoms with E-state index in [1.165, 1.54) is 5.56 Å². The first-order valence-electron chi connectivity index (χ1n) is 9.78. The summed E-state index contributed by atoms with van der Waals surface area (Å²) in [4.78, 5) is 33.2. The van der Waals surface area contributed by atoms with E-state index in [2.05, 4.69) is 17.1 Å². The van der Waals surface area contributed by atoms with Crippen LogP contribution in [0.4, 0.5) is 0 Å². The second-order valence-corrected chi connectivity index (χ2v) is 7.36. The molecule has 0 radical (unpaired) electrons. The minimum Gasteiger partial charge on any atom is -0.335 e. The van der Waals surface area contributed by atoms with Gasteiger partial charge in [0.15, 0.2) is 0 Å². The summed E-state index contributed by atoms with van der Waals surface area (Å²) in [5, 5.41) is 0. The van der Waals surface area contributed by atoms with Gasteiger partial charge in [-0.05, 0) is 12.5 Å². The summed E-state index contributed by atoms with van der Waals surface area (Å²) >= 11 is 0. The molecule has 6 nitrogen and oxygen atoms in total. The Kier molecular flexibility index (Phi) is 5.42. The van der Waals surface area contributed by atoms with E-state index in [0.29, 0.717) is 19.6 Å². The van der Waals surface area contributed by atoms with Gasteiger partial charge in [-0.1, -0.05) is 60.2 Å². The number of carbonyl (C=O) groups is 2. The van der Waals surface area contributed by atoms with E-state index in [1.54, 1.807) is 17.3 Å². The number of piperazine rings is 1. The van der Waals surface area contributed by atoms with Gasteiger partial charge in [-0.2, -0.15) is 0 Å². The first-order valence-corrected chi connectivity index (χ1v) is 9.78. The van der Waals surface area contributed by atoms with Crippen molar-refractivity contribution in [1.82, 2.24) is 19.4 Å². The van der Waals surface area contributed by atoms with Crippen molar-refractivity contribution in [3.8, 4) is 11.4 Å². The second-order valence-electron chi connectivity index (χ2n) is 7.36. The summed E-state index contributed by atoms with van der Waals surface area (Å²) in [6.45, 7) is 4.03. The minimum absolute atomic E-state index is 0.0147. The molecule has 2 aromatic carbocycles. The summed E-state index contributed by atoms with van der Waals surface area (Å²) in [6, 6.07) is 18.0. The third-order valence-electron chi connectivity index (χ3n) is 5.22. The quantitative estimate of drug-likeness (QED) is 0.675. The van der Waals surface area contributed by atoms with E-state index < -0.39 is 0 Å². The van der Waals surface area contributed by atoms with Crippen molar-refractivity contribution in [2.75, 3.05) is 19.6 Å². The molecule has 0 unspecified atom stereocenters. The van der Waals surface area contributed by atoms with Crippen molar-refractivity contribution >= 4 is 11.8 Å². The lowest BCUT2D eigenvalue weighted by molar-refractivity contribution is -0.146. The lowest BCUT2D eigenvalue weighted by Crippen LogP contribution is -2.52. The van der Waals surface area contributed by atoms with Gasteiger partial charge in [-0.15, -0.1) is 0 Å². The van der Waals surface area contributed by atoms with Crippen LogP contribution in [0.3, 0.4) is 0 Å². The van der Waals surface area contributed by atoms with Gasteiger partial charge < -0.3 is 14.4 Å². The summed E-state index contributed by atoms with van der Waals surface area (Å²) < 4.78 is 1.83. The van der Waals surface area contributed by atoms with E-state index in [4.69, 9.17) is 0 Å². The molecule has 1 aliphatic heterocycles. The average molecular weight is 388 g/mol. The van der Waals surface area contributed by atoms with Crippen LogP contribution in [-0.4, -0.2) is 50.8 Å². The average Bonchev–Trinajstić information content (AvgIpc) is 3.20. The van der Waals surface area contributed by atoms with Crippen molar-refractivity contribution in [2.24, 2.45) is 0 Å². The van der Waals surface area contributed by atoms with Gasteiger partial charge in [0.2, 0.25) is 11.8 Å². The van der Waals surface area contributed by atoms with Crippen LogP contribution in [0, 0.1) is 6.92 Å². The van der Waals surface area contributed by atoms with Gasteiger partial charge in [0.05, 0.1) is 6.54 Å². The third-order valence-corrected chi connectivity index (χ3v) is 5.22. The van der Waals surface area contributed by atoms with Gasteiger partial charge in [-0.3, -0.25) is 9.59 Å². The van der Waals surface area contributed by atoms with Gasteiger partial charge in [0.1, 0.15) is 12.4 Å². The Hall–Kier alpha value is -3.41. The van der Waals surface area contributed by atoms with E-state index in [1.807, 2.05) is 58.9 Å². The van der Waals surface area contributed by atoms with E-state index in [0.717, 1.165) is 17.0 Å². The Morgan fingerprint density at radius 1 is 1.03 bits per heavy atom. The molecule has 0 spiro atoms. The summed E-state index contributed by atoms with van der Waals surface area (Å²) in [6.07, 6.45) is 3.50. The first-order chi connectivity index (χ1) is 14.1. The molecule has 148 valence electrons. The molecule has 2 amide bonds. The maximum Gasteiger partial charge on any atom is 0.243 e. The van der Waals surface area contributed by atoms with Crippen LogP contribution in [0.5, 0.6) is 0 Å². The number of rotatable bonds is 5. The lowest BCUT2D eigenvalue weighted by Gasteiger charge is -2.34. The highest BCUT2D eigenvalue weighted by molar-refractivity contribution is 5.86. The molecule has 0 aliphatic carbocycles. The molecule has 0 bridgehead atoms. The third kappa shape index (κ3) is 4.37. The predicted octanol–water partition coefficient (Wildman–Crippen LogP) is 2.73. The number of carbonyl (C=O) groups excluding carboxylic acids is 2. The number of aryl methyl sites for hydroxylation is 1. The van der Waals surface area contributed by atoms with Crippen LogP contribution in [-0.2, 0) is 22.7 Å². The molecule has 29 heavy (non-hydrogen) atoms. The van der Waals surface area contributed by atoms with Crippen LogP contribution in [0.1, 0.15) is 11.1 Å². The molecule has 4 rings (SSSR count). The van der Waals surface area contributed by atoms with Crippen molar-refractivity contribution in [3.63, 3.8) is 0 Å².